The van der Waals surface area contributed by atoms with Crippen LogP contribution in [0.5, 0.6) is 5.75 Å². The molecular formula is C15H19ClN2O3. The zero-order chi connectivity index (χ0) is 15.6. The largest absolute Gasteiger partial charge is 0.495 e. The number of rotatable bonds is 4. The van der Waals surface area contributed by atoms with Gasteiger partial charge in [-0.1, -0.05) is 24.9 Å². The zero-order valence-electron chi connectivity index (χ0n) is 12.4. The predicted molar refractivity (Wildman–Crippen MR) is 81.8 cm³/mol. The third kappa shape index (κ3) is 2.97. The summed E-state index contributed by atoms with van der Waals surface area (Å²) in [5, 5.41) is 3.25. The molecule has 5 nitrogen and oxygen atoms in total. The summed E-state index contributed by atoms with van der Waals surface area (Å²) in [6.07, 6.45) is 1.42. The maximum atomic E-state index is 12.7. The molecule has 2 unspecified atom stereocenters. The summed E-state index contributed by atoms with van der Waals surface area (Å²) in [7, 11) is 1.52. The lowest BCUT2D eigenvalue weighted by atomic mass is 10.0. The number of halogens is 1. The van der Waals surface area contributed by atoms with Crippen molar-refractivity contribution >= 4 is 29.1 Å². The number of nitrogens with one attached hydrogen (secondary N) is 1. The number of nitrogens with zero attached hydrogens (tertiary/aromatic N) is 1. The maximum Gasteiger partial charge on any atom is 0.250 e. The molecule has 0 saturated carbocycles. The van der Waals surface area contributed by atoms with Gasteiger partial charge >= 0.3 is 0 Å². The van der Waals surface area contributed by atoms with Crippen LogP contribution in [0.2, 0.25) is 5.02 Å². The van der Waals surface area contributed by atoms with Gasteiger partial charge in [-0.3, -0.25) is 14.5 Å². The fourth-order valence-corrected chi connectivity index (χ4v) is 2.66. The van der Waals surface area contributed by atoms with Gasteiger partial charge in [-0.2, -0.15) is 0 Å². The maximum absolute atomic E-state index is 12.7. The van der Waals surface area contributed by atoms with Gasteiger partial charge in [0.05, 0.1) is 12.8 Å². The van der Waals surface area contributed by atoms with Crippen molar-refractivity contribution in [2.45, 2.75) is 38.8 Å². The van der Waals surface area contributed by atoms with Gasteiger partial charge in [-0.05, 0) is 31.5 Å². The first-order valence-electron chi connectivity index (χ1n) is 6.96. The van der Waals surface area contributed by atoms with Crippen molar-refractivity contribution < 1.29 is 14.3 Å². The Bertz CT molecular complexity index is 562. The highest BCUT2D eigenvalue weighted by Gasteiger charge is 2.39. The van der Waals surface area contributed by atoms with Crippen LogP contribution in [0.3, 0.4) is 0 Å². The Morgan fingerprint density at radius 2 is 2.10 bits per heavy atom. The normalized spacial score (nSPS) is 22.2. The topological polar surface area (TPSA) is 58.6 Å². The highest BCUT2D eigenvalue weighted by atomic mass is 35.5. The van der Waals surface area contributed by atoms with E-state index in [1.54, 1.807) is 25.1 Å². The van der Waals surface area contributed by atoms with Crippen LogP contribution in [-0.2, 0) is 9.59 Å². The fraction of sp³-hybridized carbons (Fsp3) is 0.467. The van der Waals surface area contributed by atoms with Crippen molar-refractivity contribution in [2.75, 3.05) is 12.0 Å². The number of carbonyl (C=O) groups is 2. The third-order valence-electron chi connectivity index (χ3n) is 3.60. The molecule has 1 aromatic rings. The van der Waals surface area contributed by atoms with E-state index in [-0.39, 0.29) is 11.8 Å². The van der Waals surface area contributed by atoms with Crippen molar-refractivity contribution in [3.05, 3.63) is 23.2 Å². The number of piperazine rings is 1. The van der Waals surface area contributed by atoms with Gasteiger partial charge in [-0.25, -0.2) is 0 Å². The molecule has 0 aromatic heterocycles. The first kappa shape index (κ1) is 15.6. The molecule has 1 heterocycles. The molecule has 114 valence electrons. The Hall–Kier alpha value is -1.75. The lowest BCUT2D eigenvalue weighted by molar-refractivity contribution is -0.133. The molecule has 21 heavy (non-hydrogen) atoms. The monoisotopic (exact) mass is 310 g/mol. The summed E-state index contributed by atoms with van der Waals surface area (Å²) in [5.74, 6) is 0.212. The van der Waals surface area contributed by atoms with Crippen molar-refractivity contribution in [1.29, 1.82) is 0 Å². The number of hydrogen-bond acceptors (Lipinski definition) is 3. The van der Waals surface area contributed by atoms with E-state index in [1.807, 2.05) is 6.92 Å². The summed E-state index contributed by atoms with van der Waals surface area (Å²) < 4.78 is 5.30. The number of methoxy groups -OCH3 is 1. The SMILES string of the molecule is CCCC1NC(=O)C(C)N(c2cc(Cl)ccc2OC)C1=O. The van der Waals surface area contributed by atoms with Crippen molar-refractivity contribution in [3.8, 4) is 5.75 Å². The fourth-order valence-electron chi connectivity index (χ4n) is 2.49. The molecular weight excluding hydrogens is 292 g/mol. The van der Waals surface area contributed by atoms with Crippen LogP contribution in [-0.4, -0.2) is 31.0 Å². The number of benzene rings is 1. The molecule has 1 aromatic carbocycles. The van der Waals surface area contributed by atoms with Crippen LogP contribution in [0, 0.1) is 0 Å². The number of carbonyl (C=O) groups excluding carboxylic acids is 2. The van der Waals surface area contributed by atoms with E-state index in [9.17, 15) is 9.59 Å². The van der Waals surface area contributed by atoms with Gasteiger partial charge in [0.15, 0.2) is 0 Å². The average molecular weight is 311 g/mol. The minimum atomic E-state index is -0.599. The molecule has 1 fully saturated rings. The Balaban J connectivity index is 2.46. The van der Waals surface area contributed by atoms with Gasteiger partial charge in [-0.15, -0.1) is 0 Å². The molecule has 0 spiro atoms. The Kier molecular flexibility index (Phi) is 4.73. The Morgan fingerprint density at radius 1 is 1.38 bits per heavy atom. The second kappa shape index (κ2) is 6.35. The number of anilines is 1. The molecule has 1 aliphatic heterocycles. The Labute approximate surface area is 129 Å². The highest BCUT2D eigenvalue weighted by Crippen LogP contribution is 2.34. The van der Waals surface area contributed by atoms with Crippen LogP contribution in [0.25, 0.3) is 0 Å². The first-order chi connectivity index (χ1) is 9.99. The Morgan fingerprint density at radius 3 is 2.71 bits per heavy atom. The molecule has 0 aliphatic carbocycles. The zero-order valence-corrected chi connectivity index (χ0v) is 13.1. The van der Waals surface area contributed by atoms with Crippen LogP contribution in [0.1, 0.15) is 26.7 Å². The molecule has 6 heteroatoms. The molecule has 0 radical (unpaired) electrons. The van der Waals surface area contributed by atoms with Gasteiger partial charge in [0.1, 0.15) is 17.8 Å². The molecule has 1 aliphatic rings. The van der Waals surface area contributed by atoms with Crippen LogP contribution >= 0.6 is 11.6 Å². The van der Waals surface area contributed by atoms with Crippen molar-refractivity contribution in [3.63, 3.8) is 0 Å². The smallest absolute Gasteiger partial charge is 0.250 e. The number of ether oxygens (including phenoxy) is 1. The summed E-state index contributed by atoms with van der Waals surface area (Å²) >= 11 is 6.03. The lowest BCUT2D eigenvalue weighted by Gasteiger charge is -2.37. The van der Waals surface area contributed by atoms with Crippen molar-refractivity contribution in [1.82, 2.24) is 5.32 Å². The molecule has 1 saturated heterocycles. The lowest BCUT2D eigenvalue weighted by Crippen LogP contribution is -2.62. The van der Waals surface area contributed by atoms with Crippen molar-refractivity contribution in [2.24, 2.45) is 0 Å². The van der Waals surface area contributed by atoms with Gasteiger partial charge < -0.3 is 10.1 Å². The van der Waals surface area contributed by atoms with Gasteiger partial charge in [0, 0.05) is 5.02 Å². The second-order valence-corrected chi connectivity index (χ2v) is 5.49. The summed E-state index contributed by atoms with van der Waals surface area (Å²) in [4.78, 5) is 26.3. The summed E-state index contributed by atoms with van der Waals surface area (Å²) in [5.41, 5.74) is 0.526. The number of hydrogen-bond donors (Lipinski definition) is 1. The van der Waals surface area contributed by atoms with E-state index >= 15 is 0 Å². The minimum Gasteiger partial charge on any atom is -0.495 e. The predicted octanol–water partition coefficient (Wildman–Crippen LogP) is 2.37. The van der Waals surface area contributed by atoms with Crippen LogP contribution < -0.4 is 15.0 Å². The molecule has 2 rings (SSSR count). The van der Waals surface area contributed by atoms with Crippen LogP contribution in [0.4, 0.5) is 5.69 Å². The molecule has 2 amide bonds. The molecule has 0 bridgehead atoms. The standard InChI is InChI=1S/C15H19ClN2O3/c1-4-5-11-15(20)18(9(2)14(19)17-11)12-8-10(16)6-7-13(12)21-3/h6-9,11H,4-5H2,1-3H3,(H,17,19). The van der Waals surface area contributed by atoms with E-state index in [1.165, 1.54) is 12.0 Å². The van der Waals surface area contributed by atoms with E-state index in [2.05, 4.69) is 5.32 Å². The van der Waals surface area contributed by atoms with E-state index in [4.69, 9.17) is 16.3 Å². The quantitative estimate of drug-likeness (QED) is 0.929. The first-order valence-corrected chi connectivity index (χ1v) is 7.34. The minimum absolute atomic E-state index is 0.135. The summed E-state index contributed by atoms with van der Waals surface area (Å²) in [6, 6.07) is 3.93. The van der Waals surface area contributed by atoms with E-state index < -0.39 is 12.1 Å². The average Bonchev–Trinajstić information content (AvgIpc) is 2.45. The second-order valence-electron chi connectivity index (χ2n) is 5.05. The van der Waals surface area contributed by atoms with E-state index in [0.717, 1.165) is 6.42 Å². The van der Waals surface area contributed by atoms with Gasteiger partial charge in [0.2, 0.25) is 11.8 Å². The number of amides is 2. The van der Waals surface area contributed by atoms with Crippen LogP contribution in [0.15, 0.2) is 18.2 Å². The molecule has 2 atom stereocenters. The van der Waals surface area contributed by atoms with E-state index in [0.29, 0.717) is 22.9 Å². The summed E-state index contributed by atoms with van der Waals surface area (Å²) in [6.45, 7) is 3.66. The third-order valence-corrected chi connectivity index (χ3v) is 3.83. The highest BCUT2D eigenvalue weighted by molar-refractivity contribution is 6.31. The van der Waals surface area contributed by atoms with Gasteiger partial charge in [0.25, 0.3) is 0 Å². The molecule has 1 N–H and O–H groups in total.